The van der Waals surface area contributed by atoms with Gasteiger partial charge in [-0.2, -0.15) is 0 Å². The largest absolute Gasteiger partial charge is 0.316 e. The molecule has 1 fully saturated rings. The van der Waals surface area contributed by atoms with Gasteiger partial charge in [-0.05, 0) is 44.0 Å². The number of hydrogen-bond acceptors (Lipinski definition) is 1. The molecule has 1 aromatic carbocycles. The summed E-state index contributed by atoms with van der Waals surface area (Å²) in [6, 6.07) is 7.48. The van der Waals surface area contributed by atoms with Gasteiger partial charge in [0.25, 0.3) is 0 Å². The van der Waals surface area contributed by atoms with Gasteiger partial charge < -0.3 is 5.32 Å². The van der Waals surface area contributed by atoms with Crippen molar-refractivity contribution in [3.05, 3.63) is 34.9 Å². The third-order valence-corrected chi connectivity index (χ3v) is 3.86. The highest BCUT2D eigenvalue weighted by molar-refractivity contribution is 6.30. The van der Waals surface area contributed by atoms with Crippen LogP contribution >= 0.6 is 11.6 Å². The summed E-state index contributed by atoms with van der Waals surface area (Å²) in [6.07, 6.45) is 2.52. The van der Waals surface area contributed by atoms with Gasteiger partial charge in [-0.3, -0.25) is 0 Å². The van der Waals surface area contributed by atoms with Crippen LogP contribution in [0.1, 0.15) is 25.3 Å². The van der Waals surface area contributed by atoms with E-state index >= 15 is 0 Å². The molecule has 2 rings (SSSR count). The molecule has 1 heterocycles. The minimum Gasteiger partial charge on any atom is -0.316 e. The van der Waals surface area contributed by atoms with Crippen LogP contribution in [0.3, 0.4) is 0 Å². The quantitative estimate of drug-likeness (QED) is 0.870. The van der Waals surface area contributed by atoms with E-state index in [9.17, 15) is 4.39 Å². The van der Waals surface area contributed by atoms with E-state index in [1.807, 2.05) is 24.3 Å². The Kier molecular flexibility index (Phi) is 4.05. The molecule has 1 saturated heterocycles. The molecule has 0 aromatic heterocycles. The smallest absolute Gasteiger partial charge is 0.116 e. The molecule has 0 spiro atoms. The van der Waals surface area contributed by atoms with Gasteiger partial charge in [0.15, 0.2) is 0 Å². The average Bonchev–Trinajstić information content (AvgIpc) is 2.33. The van der Waals surface area contributed by atoms with Crippen LogP contribution in [0.2, 0.25) is 5.02 Å². The number of hydrogen-bond donors (Lipinski definition) is 1. The average molecular weight is 256 g/mol. The molecule has 0 aliphatic carbocycles. The summed E-state index contributed by atoms with van der Waals surface area (Å²) < 4.78 is 14.7. The number of benzene rings is 1. The van der Waals surface area contributed by atoms with E-state index in [4.69, 9.17) is 11.6 Å². The summed E-state index contributed by atoms with van der Waals surface area (Å²) in [5, 5.41) is 3.98. The Balaban J connectivity index is 2.02. The van der Waals surface area contributed by atoms with E-state index in [1.54, 1.807) is 6.92 Å². The first-order valence-corrected chi connectivity index (χ1v) is 6.60. The molecule has 2 atom stereocenters. The van der Waals surface area contributed by atoms with Crippen LogP contribution in [0.25, 0.3) is 0 Å². The van der Waals surface area contributed by atoms with Gasteiger partial charge in [-0.25, -0.2) is 4.39 Å². The molecule has 1 aromatic rings. The van der Waals surface area contributed by atoms with Crippen molar-refractivity contribution in [3.8, 4) is 0 Å². The van der Waals surface area contributed by atoms with Crippen LogP contribution in [-0.4, -0.2) is 18.8 Å². The zero-order valence-electron chi connectivity index (χ0n) is 10.2. The summed E-state index contributed by atoms with van der Waals surface area (Å²) in [5.74, 6) is 0.118. The monoisotopic (exact) mass is 255 g/mol. The van der Waals surface area contributed by atoms with Crippen molar-refractivity contribution in [1.29, 1.82) is 0 Å². The minimum absolute atomic E-state index is 0.118. The fourth-order valence-corrected chi connectivity index (χ4v) is 2.64. The Labute approximate surface area is 107 Å². The van der Waals surface area contributed by atoms with Gasteiger partial charge in [0.1, 0.15) is 5.67 Å². The summed E-state index contributed by atoms with van der Waals surface area (Å²) in [6.45, 7) is 3.54. The molecule has 1 nitrogen and oxygen atoms in total. The highest BCUT2D eigenvalue weighted by atomic mass is 35.5. The number of alkyl halides is 1. The van der Waals surface area contributed by atoms with Crippen LogP contribution in [0, 0.1) is 5.92 Å². The fourth-order valence-electron chi connectivity index (χ4n) is 2.51. The molecule has 1 N–H and O–H groups in total. The standard InChI is InChI=1S/C14H19ClFN/c1-14(16,12-3-2-8-17-10-12)9-11-4-6-13(15)7-5-11/h4-7,12,17H,2-3,8-10H2,1H3. The lowest BCUT2D eigenvalue weighted by atomic mass is 9.81. The van der Waals surface area contributed by atoms with E-state index < -0.39 is 5.67 Å². The summed E-state index contributed by atoms with van der Waals surface area (Å²) in [5.41, 5.74) is -0.119. The van der Waals surface area contributed by atoms with E-state index in [2.05, 4.69) is 5.32 Å². The third kappa shape index (κ3) is 3.43. The van der Waals surface area contributed by atoms with Crippen LogP contribution in [0.5, 0.6) is 0 Å². The van der Waals surface area contributed by atoms with E-state index in [1.165, 1.54) is 0 Å². The normalized spacial score (nSPS) is 24.3. The summed E-state index contributed by atoms with van der Waals surface area (Å²) >= 11 is 5.83. The van der Waals surface area contributed by atoms with Gasteiger partial charge in [0.05, 0.1) is 0 Å². The van der Waals surface area contributed by atoms with Crippen molar-refractivity contribution in [2.45, 2.75) is 31.9 Å². The molecule has 17 heavy (non-hydrogen) atoms. The first kappa shape index (κ1) is 12.8. The number of piperidine rings is 1. The van der Waals surface area contributed by atoms with Gasteiger partial charge in [0, 0.05) is 23.9 Å². The van der Waals surface area contributed by atoms with Crippen molar-refractivity contribution >= 4 is 11.6 Å². The Hall–Kier alpha value is -0.600. The predicted molar refractivity (Wildman–Crippen MR) is 70.3 cm³/mol. The van der Waals surface area contributed by atoms with Gasteiger partial charge in [0.2, 0.25) is 0 Å². The lowest BCUT2D eigenvalue weighted by Gasteiger charge is -2.34. The maximum atomic E-state index is 14.7. The SMILES string of the molecule is CC(F)(Cc1ccc(Cl)cc1)C1CCCNC1. The second kappa shape index (κ2) is 5.36. The molecular weight excluding hydrogens is 237 g/mol. The molecular formula is C14H19ClFN. The Morgan fingerprint density at radius 1 is 1.41 bits per heavy atom. The molecule has 0 saturated carbocycles. The van der Waals surface area contributed by atoms with Crippen LogP contribution < -0.4 is 5.32 Å². The highest BCUT2D eigenvalue weighted by Crippen LogP contribution is 2.31. The van der Waals surface area contributed by atoms with Crippen LogP contribution in [0.15, 0.2) is 24.3 Å². The molecule has 3 heteroatoms. The second-order valence-corrected chi connectivity index (χ2v) is 5.56. The number of rotatable bonds is 3. The molecule has 0 amide bonds. The Morgan fingerprint density at radius 2 is 2.12 bits per heavy atom. The zero-order chi connectivity index (χ0) is 12.3. The second-order valence-electron chi connectivity index (χ2n) is 5.12. The van der Waals surface area contributed by atoms with E-state index in [0.717, 1.165) is 31.5 Å². The summed E-state index contributed by atoms with van der Waals surface area (Å²) in [4.78, 5) is 0. The third-order valence-electron chi connectivity index (χ3n) is 3.61. The Bertz CT molecular complexity index is 355. The minimum atomic E-state index is -1.14. The van der Waals surface area contributed by atoms with Crippen molar-refractivity contribution in [2.24, 2.45) is 5.92 Å². The summed E-state index contributed by atoms with van der Waals surface area (Å²) in [7, 11) is 0. The maximum absolute atomic E-state index is 14.7. The van der Waals surface area contributed by atoms with Gasteiger partial charge >= 0.3 is 0 Å². The molecule has 94 valence electrons. The van der Waals surface area contributed by atoms with Crippen LogP contribution in [-0.2, 0) is 6.42 Å². The Morgan fingerprint density at radius 3 is 2.71 bits per heavy atom. The van der Waals surface area contributed by atoms with Crippen molar-refractivity contribution < 1.29 is 4.39 Å². The first-order chi connectivity index (χ1) is 8.08. The number of halogens is 2. The molecule has 0 radical (unpaired) electrons. The fraction of sp³-hybridized carbons (Fsp3) is 0.571. The molecule has 1 aliphatic rings. The van der Waals surface area contributed by atoms with Crippen molar-refractivity contribution in [1.82, 2.24) is 5.32 Å². The van der Waals surface area contributed by atoms with E-state index in [-0.39, 0.29) is 5.92 Å². The van der Waals surface area contributed by atoms with Crippen LogP contribution in [0.4, 0.5) is 4.39 Å². The predicted octanol–water partition coefficient (Wildman–Crippen LogP) is 3.61. The molecule has 0 bridgehead atoms. The first-order valence-electron chi connectivity index (χ1n) is 6.22. The highest BCUT2D eigenvalue weighted by Gasteiger charge is 2.34. The lowest BCUT2D eigenvalue weighted by Crippen LogP contribution is -2.42. The van der Waals surface area contributed by atoms with Crippen molar-refractivity contribution in [3.63, 3.8) is 0 Å². The number of nitrogens with one attached hydrogen (secondary N) is 1. The van der Waals surface area contributed by atoms with Crippen molar-refractivity contribution in [2.75, 3.05) is 13.1 Å². The van der Waals surface area contributed by atoms with Gasteiger partial charge in [-0.1, -0.05) is 23.7 Å². The maximum Gasteiger partial charge on any atom is 0.116 e. The lowest BCUT2D eigenvalue weighted by molar-refractivity contribution is 0.0833. The van der Waals surface area contributed by atoms with E-state index in [0.29, 0.717) is 11.4 Å². The van der Waals surface area contributed by atoms with Gasteiger partial charge in [-0.15, -0.1) is 0 Å². The zero-order valence-corrected chi connectivity index (χ0v) is 10.9. The molecule has 2 unspecified atom stereocenters. The topological polar surface area (TPSA) is 12.0 Å². The molecule has 1 aliphatic heterocycles.